The molecule has 0 bridgehead atoms. The molecule has 4 aliphatic heterocycles. The van der Waals surface area contributed by atoms with Crippen molar-refractivity contribution in [2.75, 3.05) is 32.2 Å². The Hall–Kier alpha value is -4.48. The van der Waals surface area contributed by atoms with E-state index in [0.717, 1.165) is 0 Å². The summed E-state index contributed by atoms with van der Waals surface area (Å²) in [6, 6.07) is 13.8. The number of hydrogen-bond donors (Lipinski definition) is 1. The third kappa shape index (κ3) is 5.51. The number of hydrogen-bond acceptors (Lipinski definition) is 8. The first kappa shape index (κ1) is 32.5. The van der Waals surface area contributed by atoms with Gasteiger partial charge in [-0.25, -0.2) is 0 Å². The van der Waals surface area contributed by atoms with Crippen molar-refractivity contribution in [1.29, 1.82) is 0 Å². The number of carbonyl (C=O) groups excluding carboxylic acids is 4. The molecule has 248 valence electrons. The molecule has 2 aromatic rings. The molecule has 11 heteroatoms. The Balaban J connectivity index is 1.45. The number of ether oxygens (including phenoxy) is 3. The van der Waals surface area contributed by atoms with E-state index in [1.54, 1.807) is 79.5 Å². The third-order valence-corrected chi connectivity index (χ3v) is 9.99. The molecule has 47 heavy (non-hydrogen) atoms. The maximum absolute atomic E-state index is 14.6. The number of methoxy groups -OCH3 is 1. The zero-order valence-corrected chi connectivity index (χ0v) is 27.0. The lowest BCUT2D eigenvalue weighted by Crippen LogP contribution is -2.57. The van der Waals surface area contributed by atoms with E-state index in [0.29, 0.717) is 23.4 Å². The molecule has 2 saturated heterocycles. The highest BCUT2D eigenvalue weighted by Gasteiger charge is 2.72. The van der Waals surface area contributed by atoms with Crippen molar-refractivity contribution >= 4 is 29.4 Å². The lowest BCUT2D eigenvalue weighted by molar-refractivity contribution is -0.164. The smallest absolute Gasteiger partial charge is 0.313 e. The molecule has 11 nitrogen and oxygen atoms in total. The summed E-state index contributed by atoms with van der Waals surface area (Å²) in [4.78, 5) is 61.2. The van der Waals surface area contributed by atoms with E-state index in [2.05, 4.69) is 0 Å². The van der Waals surface area contributed by atoms with Crippen molar-refractivity contribution in [2.24, 2.45) is 11.8 Å². The number of benzene rings is 2. The number of anilines is 1. The number of esters is 1. The molecule has 0 aromatic heterocycles. The molecule has 0 radical (unpaired) electrons. The Morgan fingerprint density at radius 2 is 1.74 bits per heavy atom. The number of aliphatic hydroxyl groups excluding tert-OH is 1. The number of allylic oxidation sites excluding steroid dienone is 1. The quantitative estimate of drug-likeness (QED) is 0.390. The molecule has 1 spiro atoms. The first-order chi connectivity index (χ1) is 22.6. The van der Waals surface area contributed by atoms with Crippen LogP contribution in [0.1, 0.15) is 38.4 Å². The maximum atomic E-state index is 14.6. The molecule has 4 aliphatic rings. The topological polar surface area (TPSA) is 126 Å². The first-order valence-corrected chi connectivity index (χ1v) is 16.0. The lowest BCUT2D eigenvalue weighted by Gasteiger charge is -2.37. The highest BCUT2D eigenvalue weighted by molar-refractivity contribution is 6.05. The van der Waals surface area contributed by atoms with E-state index in [1.807, 2.05) is 37.3 Å². The van der Waals surface area contributed by atoms with Crippen molar-refractivity contribution in [3.05, 3.63) is 84.5 Å². The van der Waals surface area contributed by atoms with E-state index in [9.17, 15) is 24.3 Å². The zero-order chi connectivity index (χ0) is 33.5. The van der Waals surface area contributed by atoms with Gasteiger partial charge < -0.3 is 34.0 Å². The summed E-state index contributed by atoms with van der Waals surface area (Å²) in [5, 5.41) is 10.3. The fourth-order valence-electron chi connectivity index (χ4n) is 7.38. The van der Waals surface area contributed by atoms with Crippen LogP contribution in [-0.4, -0.2) is 95.7 Å². The molecule has 8 atom stereocenters. The Labute approximate surface area is 274 Å². The van der Waals surface area contributed by atoms with Gasteiger partial charge in [-0.2, -0.15) is 0 Å². The molecule has 1 N–H and O–H groups in total. The molecule has 2 fully saturated rings. The largest absolute Gasteiger partial charge is 0.497 e. The molecule has 0 aliphatic carbocycles. The predicted octanol–water partition coefficient (Wildman–Crippen LogP) is 3.04. The van der Waals surface area contributed by atoms with Gasteiger partial charge in [0.2, 0.25) is 11.8 Å². The van der Waals surface area contributed by atoms with Gasteiger partial charge >= 0.3 is 5.97 Å². The second-order valence-corrected chi connectivity index (χ2v) is 12.6. The van der Waals surface area contributed by atoms with Crippen molar-refractivity contribution in [1.82, 2.24) is 9.80 Å². The zero-order valence-electron chi connectivity index (χ0n) is 27.0. The van der Waals surface area contributed by atoms with Crippen LogP contribution in [0.3, 0.4) is 0 Å². The van der Waals surface area contributed by atoms with Crippen molar-refractivity contribution in [2.45, 2.75) is 62.6 Å². The summed E-state index contributed by atoms with van der Waals surface area (Å²) in [6.07, 6.45) is 5.93. The fourth-order valence-corrected chi connectivity index (χ4v) is 7.38. The van der Waals surface area contributed by atoms with Crippen LogP contribution in [0.4, 0.5) is 5.69 Å². The predicted molar refractivity (Wildman–Crippen MR) is 172 cm³/mol. The highest BCUT2D eigenvalue weighted by atomic mass is 16.6. The van der Waals surface area contributed by atoms with Crippen LogP contribution >= 0.6 is 0 Å². The number of rotatable bonds is 5. The summed E-state index contributed by atoms with van der Waals surface area (Å²) in [5.74, 6) is -3.19. The average molecular weight is 644 g/mol. The Morgan fingerprint density at radius 3 is 2.43 bits per heavy atom. The summed E-state index contributed by atoms with van der Waals surface area (Å²) < 4.78 is 18.3. The minimum Gasteiger partial charge on any atom is -0.497 e. The number of likely N-dealkylation sites (tertiary alicyclic amines) is 1. The summed E-state index contributed by atoms with van der Waals surface area (Å²) >= 11 is 0. The molecule has 0 unspecified atom stereocenters. The normalized spacial score (nSPS) is 32.4. The van der Waals surface area contributed by atoms with Crippen LogP contribution in [0.2, 0.25) is 0 Å². The van der Waals surface area contributed by atoms with Gasteiger partial charge in [-0.1, -0.05) is 54.6 Å². The molecular formula is C36H41N3O8. The Kier molecular flexibility index (Phi) is 8.95. The number of nitrogens with zero attached hydrogens (tertiary/aromatic N) is 3. The monoisotopic (exact) mass is 643 g/mol. The van der Waals surface area contributed by atoms with Gasteiger partial charge in [0.05, 0.1) is 37.8 Å². The second kappa shape index (κ2) is 13.0. The standard InChI is InChI=1S/C36H41N3O8/c1-22(21-40)39-32-34(43)38(25-15-17-26(45-4)18-16-25)20-10-19-36(32)30(33(39)42)29-27(47-36)13-8-9-14-28(41)37(3)23(2)31(46-35(29)44)24-11-6-5-7-12-24/h5-8,10-13,15-19,22-23,27,29-32,40H,9,14,20-21H2,1-4H3/b13-8-/t22-,23+,27+,29-,30-,31-,32+,36-/m1/s1. The SMILES string of the molecule is COc1ccc(N2CC=C[C@@]34O[C@H]5/C=C\CCC(=O)N(C)[C@@H](C)[C@H](c6ccccc6)OC(=O)[C@H]5[C@@H]3C(=O)N([C@H](C)CO)[C@H]4C2=O)cc1. The van der Waals surface area contributed by atoms with Gasteiger partial charge in [0.25, 0.3) is 5.91 Å². The van der Waals surface area contributed by atoms with Crippen LogP contribution in [0.5, 0.6) is 5.75 Å². The van der Waals surface area contributed by atoms with E-state index >= 15 is 0 Å². The van der Waals surface area contributed by atoms with Crippen molar-refractivity contribution in [3.63, 3.8) is 0 Å². The third-order valence-electron chi connectivity index (χ3n) is 9.99. The van der Waals surface area contributed by atoms with Crippen molar-refractivity contribution < 1.29 is 38.5 Å². The summed E-state index contributed by atoms with van der Waals surface area (Å²) in [5.41, 5.74) is -0.211. The van der Waals surface area contributed by atoms with Crippen LogP contribution in [0.25, 0.3) is 0 Å². The van der Waals surface area contributed by atoms with E-state index in [4.69, 9.17) is 14.2 Å². The number of aliphatic hydroxyl groups is 1. The van der Waals surface area contributed by atoms with E-state index < -0.39 is 72.2 Å². The number of fused-ring (bicyclic) bond motifs is 2. The minimum atomic E-state index is -1.52. The van der Waals surface area contributed by atoms with Crippen LogP contribution in [-0.2, 0) is 28.7 Å². The van der Waals surface area contributed by atoms with Crippen LogP contribution < -0.4 is 9.64 Å². The maximum Gasteiger partial charge on any atom is 0.313 e. The molecule has 2 aromatic carbocycles. The average Bonchev–Trinajstić information content (AvgIpc) is 3.49. The Morgan fingerprint density at radius 1 is 1.02 bits per heavy atom. The number of cyclic esters (lactones) is 1. The van der Waals surface area contributed by atoms with E-state index in [-0.39, 0.29) is 18.9 Å². The fraction of sp³-hybridized carbons (Fsp3) is 0.444. The summed E-state index contributed by atoms with van der Waals surface area (Å²) in [7, 11) is 3.25. The van der Waals surface area contributed by atoms with Gasteiger partial charge in [0, 0.05) is 25.7 Å². The molecule has 0 saturated carbocycles. The van der Waals surface area contributed by atoms with Gasteiger partial charge in [-0.3, -0.25) is 19.2 Å². The lowest BCUT2D eigenvalue weighted by atomic mass is 9.77. The van der Waals surface area contributed by atoms with Crippen LogP contribution in [0, 0.1) is 11.8 Å². The molecule has 3 amide bonds. The van der Waals surface area contributed by atoms with E-state index in [1.165, 1.54) is 4.90 Å². The van der Waals surface area contributed by atoms with Crippen molar-refractivity contribution in [3.8, 4) is 5.75 Å². The van der Waals surface area contributed by atoms with Gasteiger partial charge in [-0.05, 0) is 50.1 Å². The Bertz CT molecular complexity index is 1580. The second-order valence-electron chi connectivity index (χ2n) is 12.6. The minimum absolute atomic E-state index is 0.0983. The van der Waals surface area contributed by atoms with Gasteiger partial charge in [0.1, 0.15) is 29.4 Å². The molecule has 6 rings (SSSR count). The molecular weight excluding hydrogens is 602 g/mol. The van der Waals surface area contributed by atoms with Gasteiger partial charge in [-0.15, -0.1) is 0 Å². The number of carbonyl (C=O) groups is 4. The number of likely N-dealkylation sites (N-methyl/N-ethyl adjacent to an activating group) is 1. The number of amides is 3. The first-order valence-electron chi connectivity index (χ1n) is 16.0. The molecule has 4 heterocycles. The highest BCUT2D eigenvalue weighted by Crippen LogP contribution is 2.54. The van der Waals surface area contributed by atoms with Crippen LogP contribution in [0.15, 0.2) is 78.9 Å². The van der Waals surface area contributed by atoms with Gasteiger partial charge in [0.15, 0.2) is 0 Å². The summed E-state index contributed by atoms with van der Waals surface area (Å²) in [6.45, 7) is 3.31.